The van der Waals surface area contributed by atoms with Crippen molar-refractivity contribution in [1.82, 2.24) is 5.32 Å². The van der Waals surface area contributed by atoms with E-state index < -0.39 is 0 Å². The summed E-state index contributed by atoms with van der Waals surface area (Å²) in [5.41, 5.74) is 1.82. The lowest BCUT2D eigenvalue weighted by atomic mass is 10.1. The fourth-order valence-electron chi connectivity index (χ4n) is 1.32. The third-order valence-corrected chi connectivity index (χ3v) is 3.82. The summed E-state index contributed by atoms with van der Waals surface area (Å²) in [6, 6.07) is 5.91. The van der Waals surface area contributed by atoms with Crippen molar-refractivity contribution in [3.63, 3.8) is 0 Å². The largest absolute Gasteiger partial charge is 0.348 e. The van der Waals surface area contributed by atoms with Crippen molar-refractivity contribution >= 4 is 37.8 Å². The van der Waals surface area contributed by atoms with Gasteiger partial charge < -0.3 is 5.32 Å². The van der Waals surface area contributed by atoms with E-state index in [1.165, 1.54) is 0 Å². The van der Waals surface area contributed by atoms with E-state index in [0.717, 1.165) is 21.8 Å². The first-order valence-corrected chi connectivity index (χ1v) is 7.13. The number of carbonyl (C=O) groups is 1. The molecule has 0 radical (unpaired) electrons. The van der Waals surface area contributed by atoms with Crippen LogP contribution in [-0.4, -0.2) is 17.3 Å². The number of hydrogen-bond donors (Lipinski definition) is 1. The monoisotopic (exact) mass is 347 g/mol. The second kappa shape index (κ2) is 6.40. The normalized spacial score (nSPS) is 12.2. The van der Waals surface area contributed by atoms with Gasteiger partial charge in [0.1, 0.15) is 0 Å². The molecule has 0 aromatic heterocycles. The van der Waals surface area contributed by atoms with Crippen LogP contribution in [0.25, 0.3) is 0 Å². The molecule has 1 N–H and O–H groups in total. The number of aryl methyl sites for hydroxylation is 1. The number of nitrogens with one attached hydrogen (secondary N) is 1. The van der Waals surface area contributed by atoms with Crippen molar-refractivity contribution in [3.8, 4) is 0 Å². The van der Waals surface area contributed by atoms with Gasteiger partial charge in [-0.3, -0.25) is 4.79 Å². The van der Waals surface area contributed by atoms with Crippen LogP contribution in [0, 0.1) is 6.92 Å². The van der Waals surface area contributed by atoms with Crippen molar-refractivity contribution in [1.29, 1.82) is 0 Å². The summed E-state index contributed by atoms with van der Waals surface area (Å²) in [7, 11) is 0. The van der Waals surface area contributed by atoms with Crippen molar-refractivity contribution in [2.75, 3.05) is 5.33 Å². The minimum atomic E-state index is -0.0295. The first kappa shape index (κ1) is 13.7. The summed E-state index contributed by atoms with van der Waals surface area (Å²) in [6.45, 7) is 4.05. The Bertz CT molecular complexity index is 375. The second-order valence-corrected chi connectivity index (χ2v) is 5.22. The van der Waals surface area contributed by atoms with Gasteiger partial charge in [-0.25, -0.2) is 0 Å². The van der Waals surface area contributed by atoms with Crippen molar-refractivity contribution in [3.05, 3.63) is 33.8 Å². The number of amides is 1. The number of hydrogen-bond acceptors (Lipinski definition) is 1. The summed E-state index contributed by atoms with van der Waals surface area (Å²) < 4.78 is 0.842. The number of alkyl halides is 1. The Kier molecular flexibility index (Phi) is 5.49. The summed E-state index contributed by atoms with van der Waals surface area (Å²) in [5, 5.41) is 3.75. The maximum absolute atomic E-state index is 11.9. The standard InChI is InChI=1S/C12H15Br2NO/c1-3-9(7-13)15-12(16)10-5-4-8(2)6-11(10)14/h4-6,9H,3,7H2,1-2H3,(H,15,16). The lowest BCUT2D eigenvalue weighted by Crippen LogP contribution is -2.35. The fourth-order valence-corrected chi connectivity index (χ4v) is 2.61. The molecule has 0 saturated heterocycles. The predicted molar refractivity (Wildman–Crippen MR) is 74.2 cm³/mol. The Morgan fingerprint density at radius 1 is 1.50 bits per heavy atom. The van der Waals surface area contributed by atoms with Gasteiger partial charge in [0.2, 0.25) is 0 Å². The quantitative estimate of drug-likeness (QED) is 0.826. The summed E-state index contributed by atoms with van der Waals surface area (Å²) in [4.78, 5) is 11.9. The molecule has 1 unspecified atom stereocenters. The van der Waals surface area contributed by atoms with E-state index in [2.05, 4.69) is 44.1 Å². The molecule has 16 heavy (non-hydrogen) atoms. The number of rotatable bonds is 4. The molecule has 0 spiro atoms. The van der Waals surface area contributed by atoms with Crippen LogP contribution in [0.1, 0.15) is 29.3 Å². The molecule has 0 bridgehead atoms. The molecule has 1 amide bonds. The van der Waals surface area contributed by atoms with Crippen LogP contribution >= 0.6 is 31.9 Å². The fraction of sp³-hybridized carbons (Fsp3) is 0.417. The van der Waals surface area contributed by atoms with E-state index in [4.69, 9.17) is 0 Å². The molecule has 2 nitrogen and oxygen atoms in total. The van der Waals surface area contributed by atoms with Crippen molar-refractivity contribution < 1.29 is 4.79 Å². The van der Waals surface area contributed by atoms with Gasteiger partial charge in [0.15, 0.2) is 0 Å². The second-order valence-electron chi connectivity index (χ2n) is 3.72. The zero-order valence-electron chi connectivity index (χ0n) is 9.39. The molecule has 88 valence electrons. The van der Waals surface area contributed by atoms with E-state index >= 15 is 0 Å². The highest BCUT2D eigenvalue weighted by Gasteiger charge is 2.13. The summed E-state index contributed by atoms with van der Waals surface area (Å²) >= 11 is 6.79. The minimum Gasteiger partial charge on any atom is -0.348 e. The van der Waals surface area contributed by atoms with Gasteiger partial charge in [-0.1, -0.05) is 28.9 Å². The Labute approximate surface area is 113 Å². The van der Waals surface area contributed by atoms with Crippen molar-refractivity contribution in [2.45, 2.75) is 26.3 Å². The Morgan fingerprint density at radius 2 is 2.19 bits per heavy atom. The topological polar surface area (TPSA) is 29.1 Å². The van der Waals surface area contributed by atoms with E-state index in [9.17, 15) is 4.79 Å². The molecule has 1 atom stereocenters. The van der Waals surface area contributed by atoms with Crippen LogP contribution in [0.5, 0.6) is 0 Å². The van der Waals surface area contributed by atoms with Gasteiger partial charge >= 0.3 is 0 Å². The third kappa shape index (κ3) is 3.59. The number of benzene rings is 1. The first-order chi connectivity index (χ1) is 7.58. The summed E-state index contributed by atoms with van der Waals surface area (Å²) in [5.74, 6) is -0.0295. The molecule has 0 fully saturated rings. The maximum atomic E-state index is 11.9. The Morgan fingerprint density at radius 3 is 2.69 bits per heavy atom. The molecule has 0 saturated carbocycles. The van der Waals surface area contributed by atoms with Gasteiger partial charge in [0.25, 0.3) is 5.91 Å². The van der Waals surface area contributed by atoms with E-state index in [-0.39, 0.29) is 11.9 Å². The zero-order chi connectivity index (χ0) is 12.1. The Balaban J connectivity index is 2.80. The van der Waals surface area contributed by atoms with Crippen LogP contribution in [0.4, 0.5) is 0 Å². The van der Waals surface area contributed by atoms with Gasteiger partial charge in [-0.15, -0.1) is 0 Å². The van der Waals surface area contributed by atoms with E-state index in [0.29, 0.717) is 5.56 Å². The molecule has 0 aliphatic heterocycles. The highest BCUT2D eigenvalue weighted by molar-refractivity contribution is 9.10. The number of carbonyl (C=O) groups excluding carboxylic acids is 1. The molecular weight excluding hydrogens is 334 g/mol. The minimum absolute atomic E-state index is 0.0295. The van der Waals surface area contributed by atoms with E-state index in [1.54, 1.807) is 0 Å². The molecule has 1 rings (SSSR count). The SMILES string of the molecule is CCC(CBr)NC(=O)c1ccc(C)cc1Br. The molecule has 1 aromatic rings. The van der Waals surface area contributed by atoms with Crippen LogP contribution in [0.2, 0.25) is 0 Å². The van der Waals surface area contributed by atoms with Crippen LogP contribution in [-0.2, 0) is 0 Å². The lowest BCUT2D eigenvalue weighted by Gasteiger charge is -2.14. The maximum Gasteiger partial charge on any atom is 0.252 e. The average Bonchev–Trinajstić information content (AvgIpc) is 2.25. The lowest BCUT2D eigenvalue weighted by molar-refractivity contribution is 0.0939. The predicted octanol–water partition coefficient (Wildman–Crippen LogP) is 3.66. The molecule has 0 heterocycles. The molecule has 0 aliphatic rings. The highest BCUT2D eigenvalue weighted by atomic mass is 79.9. The first-order valence-electron chi connectivity index (χ1n) is 5.21. The molecule has 0 aliphatic carbocycles. The van der Waals surface area contributed by atoms with Crippen molar-refractivity contribution in [2.24, 2.45) is 0 Å². The van der Waals surface area contributed by atoms with Crippen LogP contribution < -0.4 is 5.32 Å². The van der Waals surface area contributed by atoms with Gasteiger partial charge in [0, 0.05) is 15.8 Å². The van der Waals surface area contributed by atoms with Crippen LogP contribution in [0.3, 0.4) is 0 Å². The highest BCUT2D eigenvalue weighted by Crippen LogP contribution is 2.18. The van der Waals surface area contributed by atoms with Gasteiger partial charge in [-0.2, -0.15) is 0 Å². The Hall–Kier alpha value is -0.350. The average molecular weight is 349 g/mol. The zero-order valence-corrected chi connectivity index (χ0v) is 12.6. The number of halogens is 2. The molecule has 1 aromatic carbocycles. The third-order valence-electron chi connectivity index (χ3n) is 2.38. The molecule has 4 heteroatoms. The summed E-state index contributed by atoms with van der Waals surface area (Å²) in [6.07, 6.45) is 0.917. The van der Waals surface area contributed by atoms with Gasteiger partial charge in [0.05, 0.1) is 5.56 Å². The van der Waals surface area contributed by atoms with Gasteiger partial charge in [-0.05, 0) is 47.0 Å². The molecular formula is C12H15Br2NO. The van der Waals surface area contributed by atoms with Crippen LogP contribution in [0.15, 0.2) is 22.7 Å². The smallest absolute Gasteiger partial charge is 0.252 e. The van der Waals surface area contributed by atoms with E-state index in [1.807, 2.05) is 25.1 Å².